The maximum Gasteiger partial charge on any atom is 0.266 e. The van der Waals surface area contributed by atoms with Gasteiger partial charge in [-0.25, -0.2) is 0 Å². The van der Waals surface area contributed by atoms with Crippen molar-refractivity contribution in [1.82, 2.24) is 10.1 Å². The highest BCUT2D eigenvalue weighted by Gasteiger charge is 2.26. The van der Waals surface area contributed by atoms with Gasteiger partial charge < -0.3 is 14.2 Å². The summed E-state index contributed by atoms with van der Waals surface area (Å²) in [7, 11) is 0. The Morgan fingerprint density at radius 1 is 1.42 bits per heavy atom. The van der Waals surface area contributed by atoms with E-state index in [0.29, 0.717) is 37.9 Å². The number of nitrogens with zero attached hydrogens (tertiary/aromatic N) is 4. The first-order chi connectivity index (χ1) is 9.17. The molecule has 1 aromatic rings. The highest BCUT2D eigenvalue weighted by atomic mass is 16.5. The number of ether oxygens (including phenoxy) is 1. The number of hydrogen-bond acceptors (Lipinski definition) is 6. The molecule has 6 nitrogen and oxygen atoms in total. The van der Waals surface area contributed by atoms with E-state index in [1.807, 2.05) is 0 Å². The van der Waals surface area contributed by atoms with Crippen LogP contribution in [-0.4, -0.2) is 36.4 Å². The zero-order chi connectivity index (χ0) is 13.7. The van der Waals surface area contributed by atoms with Crippen molar-refractivity contribution >= 4 is 5.95 Å². The van der Waals surface area contributed by atoms with Gasteiger partial charge in [0.2, 0.25) is 5.89 Å². The number of aromatic nitrogens is 2. The van der Waals surface area contributed by atoms with Crippen LogP contribution >= 0.6 is 0 Å². The molecule has 0 spiro atoms. The molecule has 0 saturated carbocycles. The Bertz CT molecular complexity index is 448. The minimum Gasteiger partial charge on any atom is -0.378 e. The van der Waals surface area contributed by atoms with Crippen LogP contribution in [0, 0.1) is 16.7 Å². The van der Waals surface area contributed by atoms with Gasteiger partial charge in [-0.15, -0.1) is 0 Å². The summed E-state index contributed by atoms with van der Waals surface area (Å²) in [6.07, 6.45) is 2.06. The van der Waals surface area contributed by atoms with Crippen molar-refractivity contribution in [2.45, 2.75) is 33.1 Å². The van der Waals surface area contributed by atoms with Gasteiger partial charge >= 0.3 is 0 Å². The van der Waals surface area contributed by atoms with E-state index in [4.69, 9.17) is 14.5 Å². The van der Waals surface area contributed by atoms with Crippen LogP contribution in [0.2, 0.25) is 0 Å². The molecule has 1 aromatic heterocycles. The number of nitriles is 1. The van der Waals surface area contributed by atoms with E-state index in [0.717, 1.165) is 19.5 Å². The number of morpholine rings is 1. The third kappa shape index (κ3) is 3.44. The second-order valence-electron chi connectivity index (χ2n) is 5.26. The molecule has 1 fully saturated rings. The molecule has 19 heavy (non-hydrogen) atoms. The minimum absolute atomic E-state index is 0.0937. The Kier molecular flexibility index (Phi) is 4.38. The van der Waals surface area contributed by atoms with E-state index in [9.17, 15) is 0 Å². The summed E-state index contributed by atoms with van der Waals surface area (Å²) in [5, 5.41) is 12.9. The lowest BCUT2D eigenvalue weighted by Crippen LogP contribution is -2.36. The first kappa shape index (κ1) is 13.8. The minimum atomic E-state index is -0.0937. The maximum atomic E-state index is 8.88. The van der Waals surface area contributed by atoms with Crippen LogP contribution in [0.5, 0.6) is 0 Å². The lowest BCUT2D eigenvalue weighted by atomic mass is 9.81. The second kappa shape index (κ2) is 6.02. The van der Waals surface area contributed by atoms with Gasteiger partial charge in [0.15, 0.2) is 0 Å². The van der Waals surface area contributed by atoms with Crippen molar-refractivity contribution in [2.75, 3.05) is 31.2 Å². The van der Waals surface area contributed by atoms with Gasteiger partial charge in [0.25, 0.3) is 5.95 Å². The van der Waals surface area contributed by atoms with Crippen molar-refractivity contribution in [3.63, 3.8) is 0 Å². The van der Waals surface area contributed by atoms with Crippen LogP contribution in [0.4, 0.5) is 5.95 Å². The predicted octanol–water partition coefficient (Wildman–Crippen LogP) is 1.78. The van der Waals surface area contributed by atoms with Gasteiger partial charge in [0.05, 0.1) is 19.3 Å². The summed E-state index contributed by atoms with van der Waals surface area (Å²) in [5.74, 6) is 1.25. The fraction of sp³-hybridized carbons (Fsp3) is 0.769. The summed E-state index contributed by atoms with van der Waals surface area (Å²) >= 11 is 0. The third-order valence-electron chi connectivity index (χ3n) is 3.69. The van der Waals surface area contributed by atoms with Crippen LogP contribution in [0.3, 0.4) is 0 Å². The Morgan fingerprint density at radius 3 is 2.79 bits per heavy atom. The average Bonchev–Trinajstić information content (AvgIpc) is 2.88. The fourth-order valence-electron chi connectivity index (χ4n) is 2.08. The van der Waals surface area contributed by atoms with E-state index in [1.165, 1.54) is 0 Å². The Hall–Kier alpha value is -1.61. The van der Waals surface area contributed by atoms with Crippen molar-refractivity contribution in [3.05, 3.63) is 5.89 Å². The summed E-state index contributed by atoms with van der Waals surface area (Å²) in [5.41, 5.74) is -0.0937. The first-order valence-corrected chi connectivity index (χ1v) is 6.69. The van der Waals surface area contributed by atoms with Crippen LogP contribution in [-0.2, 0) is 11.2 Å². The standard InChI is InChI=1S/C13H20N4O2/c1-3-13(2,4-5-14)10-11-15-12(16-19-11)17-6-8-18-9-7-17/h3-4,6-10H2,1-2H3. The Labute approximate surface area is 113 Å². The quantitative estimate of drug-likeness (QED) is 0.807. The molecule has 104 valence electrons. The number of anilines is 1. The first-order valence-electron chi connectivity index (χ1n) is 6.69. The number of hydrogen-bond donors (Lipinski definition) is 0. The fourth-order valence-corrected chi connectivity index (χ4v) is 2.08. The van der Waals surface area contributed by atoms with E-state index < -0.39 is 0 Å². The maximum absolute atomic E-state index is 8.88. The largest absolute Gasteiger partial charge is 0.378 e. The summed E-state index contributed by atoms with van der Waals surface area (Å²) < 4.78 is 10.6. The normalized spacial score (nSPS) is 18.9. The molecular formula is C13H20N4O2. The second-order valence-corrected chi connectivity index (χ2v) is 5.26. The van der Waals surface area contributed by atoms with E-state index in [1.54, 1.807) is 0 Å². The van der Waals surface area contributed by atoms with Gasteiger partial charge in [0.1, 0.15) is 0 Å². The van der Waals surface area contributed by atoms with Crippen LogP contribution in [0.15, 0.2) is 4.52 Å². The predicted molar refractivity (Wildman–Crippen MR) is 69.7 cm³/mol. The van der Waals surface area contributed by atoms with E-state index in [2.05, 4.69) is 35.0 Å². The zero-order valence-corrected chi connectivity index (χ0v) is 11.6. The van der Waals surface area contributed by atoms with Crippen molar-refractivity contribution in [1.29, 1.82) is 5.26 Å². The molecule has 6 heteroatoms. The molecule has 1 atom stereocenters. The molecule has 1 saturated heterocycles. The monoisotopic (exact) mass is 264 g/mol. The van der Waals surface area contributed by atoms with E-state index in [-0.39, 0.29) is 5.41 Å². The SMILES string of the molecule is CCC(C)(CC#N)Cc1nc(N2CCOCC2)no1. The highest BCUT2D eigenvalue weighted by molar-refractivity contribution is 5.28. The van der Waals surface area contributed by atoms with Gasteiger partial charge in [-0.3, -0.25) is 0 Å². The lowest BCUT2D eigenvalue weighted by molar-refractivity contribution is 0.121. The lowest BCUT2D eigenvalue weighted by Gasteiger charge is -2.25. The summed E-state index contributed by atoms with van der Waals surface area (Å²) in [6.45, 7) is 7.14. The average molecular weight is 264 g/mol. The molecule has 1 aliphatic heterocycles. The van der Waals surface area contributed by atoms with Crippen LogP contribution < -0.4 is 4.90 Å². The van der Waals surface area contributed by atoms with Crippen molar-refractivity contribution in [2.24, 2.45) is 5.41 Å². The molecule has 1 aliphatic rings. The zero-order valence-electron chi connectivity index (χ0n) is 11.6. The third-order valence-corrected chi connectivity index (χ3v) is 3.69. The highest BCUT2D eigenvalue weighted by Crippen LogP contribution is 2.30. The molecule has 0 aromatic carbocycles. The molecule has 2 heterocycles. The summed E-state index contributed by atoms with van der Waals surface area (Å²) in [4.78, 5) is 6.49. The topological polar surface area (TPSA) is 75.2 Å². The Balaban J connectivity index is 2.02. The molecule has 0 bridgehead atoms. The van der Waals surface area contributed by atoms with Gasteiger partial charge in [-0.05, 0) is 17.0 Å². The van der Waals surface area contributed by atoms with Crippen molar-refractivity contribution in [3.8, 4) is 6.07 Å². The van der Waals surface area contributed by atoms with Gasteiger partial charge in [-0.2, -0.15) is 10.2 Å². The molecule has 1 unspecified atom stereocenters. The molecule has 0 aliphatic carbocycles. The molecule has 0 amide bonds. The smallest absolute Gasteiger partial charge is 0.266 e. The molecule has 0 radical (unpaired) electrons. The molecular weight excluding hydrogens is 244 g/mol. The van der Waals surface area contributed by atoms with E-state index >= 15 is 0 Å². The van der Waals surface area contributed by atoms with Gasteiger partial charge in [0, 0.05) is 25.9 Å². The van der Waals surface area contributed by atoms with Gasteiger partial charge in [-0.1, -0.05) is 13.8 Å². The molecule has 2 rings (SSSR count). The Morgan fingerprint density at radius 2 is 2.16 bits per heavy atom. The van der Waals surface area contributed by atoms with Crippen LogP contribution in [0.1, 0.15) is 32.6 Å². The van der Waals surface area contributed by atoms with Crippen molar-refractivity contribution < 1.29 is 9.26 Å². The number of rotatable bonds is 5. The van der Waals surface area contributed by atoms with Crippen LogP contribution in [0.25, 0.3) is 0 Å². The molecule has 0 N–H and O–H groups in total. The summed E-state index contributed by atoms with van der Waals surface area (Å²) in [6, 6.07) is 2.23.